The van der Waals surface area contributed by atoms with Gasteiger partial charge in [0.1, 0.15) is 0 Å². The van der Waals surface area contributed by atoms with Crippen molar-refractivity contribution in [2.75, 3.05) is 5.32 Å². The van der Waals surface area contributed by atoms with Crippen LogP contribution in [0.3, 0.4) is 0 Å². The Morgan fingerprint density at radius 2 is 2.04 bits per heavy atom. The van der Waals surface area contributed by atoms with Crippen molar-refractivity contribution in [1.29, 1.82) is 0 Å². The molecule has 2 aromatic carbocycles. The summed E-state index contributed by atoms with van der Waals surface area (Å²) in [5, 5.41) is 14.2. The maximum Gasteiger partial charge on any atom is 0.299 e. The summed E-state index contributed by atoms with van der Waals surface area (Å²) in [4.78, 5) is 4.49. The second-order valence-electron chi connectivity index (χ2n) is 6.53. The van der Waals surface area contributed by atoms with Crippen LogP contribution in [0.4, 0.5) is 11.7 Å². The minimum absolute atomic E-state index is 0.302. The van der Waals surface area contributed by atoms with Crippen LogP contribution in [0.15, 0.2) is 40.8 Å². The normalized spacial score (nSPS) is 16.4. The number of aromatic nitrogens is 1. The van der Waals surface area contributed by atoms with Crippen LogP contribution < -0.4 is 5.32 Å². The Kier molecular flexibility index (Phi) is 4.65. The van der Waals surface area contributed by atoms with Crippen molar-refractivity contribution in [3.05, 3.63) is 63.3 Å². The molecule has 1 aromatic heterocycles. The van der Waals surface area contributed by atoms with Crippen molar-refractivity contribution in [2.45, 2.75) is 32.3 Å². The molecule has 4 rings (SSSR count). The fraction of sp³-hybridized carbons (Fsp3) is 0.250. The van der Waals surface area contributed by atoms with E-state index in [9.17, 15) is 5.11 Å². The van der Waals surface area contributed by atoms with Crippen molar-refractivity contribution in [2.24, 2.45) is 0 Å². The second kappa shape index (κ2) is 6.95. The van der Waals surface area contributed by atoms with E-state index in [1.54, 1.807) is 12.1 Å². The summed E-state index contributed by atoms with van der Waals surface area (Å²) in [6, 6.07) is 11.9. The van der Waals surface area contributed by atoms with E-state index in [0.29, 0.717) is 28.2 Å². The lowest BCUT2D eigenvalue weighted by Gasteiger charge is -2.23. The van der Waals surface area contributed by atoms with Gasteiger partial charge in [0.15, 0.2) is 5.76 Å². The second-order valence-corrected chi connectivity index (χ2v) is 7.34. The zero-order valence-corrected chi connectivity index (χ0v) is 15.7. The highest BCUT2D eigenvalue weighted by Crippen LogP contribution is 2.34. The summed E-state index contributed by atoms with van der Waals surface area (Å²) in [7, 11) is 0. The van der Waals surface area contributed by atoms with E-state index in [4.69, 9.17) is 27.6 Å². The van der Waals surface area contributed by atoms with Crippen LogP contribution in [-0.4, -0.2) is 16.2 Å². The molecule has 134 valence electrons. The third kappa shape index (κ3) is 3.32. The lowest BCUT2D eigenvalue weighted by Crippen LogP contribution is -2.19. The molecule has 6 heteroatoms. The van der Waals surface area contributed by atoms with Crippen molar-refractivity contribution >= 4 is 34.9 Å². The third-order valence-electron chi connectivity index (χ3n) is 4.68. The first-order chi connectivity index (χ1) is 12.5. The molecule has 0 amide bonds. The predicted octanol–water partition coefficient (Wildman–Crippen LogP) is 5.55. The number of fused-ring (bicyclic) bond motifs is 1. The molecule has 1 heterocycles. The Labute approximate surface area is 161 Å². The summed E-state index contributed by atoms with van der Waals surface area (Å²) >= 11 is 12.1. The van der Waals surface area contributed by atoms with Crippen molar-refractivity contribution in [3.63, 3.8) is 0 Å². The molecule has 0 bridgehead atoms. The molecular weight excluding hydrogens is 371 g/mol. The molecular formula is C20H18Cl2N2O2. The lowest BCUT2D eigenvalue weighted by molar-refractivity contribution is 0.159. The molecule has 1 aliphatic carbocycles. The van der Waals surface area contributed by atoms with E-state index in [-0.39, 0.29) is 6.10 Å². The van der Waals surface area contributed by atoms with Crippen LogP contribution in [0.25, 0.3) is 11.3 Å². The van der Waals surface area contributed by atoms with E-state index in [0.717, 1.165) is 35.3 Å². The number of aryl methyl sites for hydroxylation is 2. The monoisotopic (exact) mass is 388 g/mol. The number of rotatable bonds is 3. The quantitative estimate of drug-likeness (QED) is 0.617. The number of hydrogen-bond donors (Lipinski definition) is 2. The number of hydrogen-bond acceptors (Lipinski definition) is 4. The molecule has 4 nitrogen and oxygen atoms in total. The summed E-state index contributed by atoms with van der Waals surface area (Å²) < 4.78 is 5.93. The van der Waals surface area contributed by atoms with Crippen LogP contribution in [-0.2, 0) is 12.8 Å². The van der Waals surface area contributed by atoms with Crippen molar-refractivity contribution < 1.29 is 9.52 Å². The fourth-order valence-corrected chi connectivity index (χ4v) is 3.66. The number of oxazole rings is 1. The molecule has 1 atom stereocenters. The summed E-state index contributed by atoms with van der Waals surface area (Å²) in [5.74, 6) is 0.649. The van der Waals surface area contributed by atoms with Crippen LogP contribution in [0, 0.1) is 6.92 Å². The number of nitrogens with one attached hydrogen (secondary N) is 1. The molecule has 1 unspecified atom stereocenters. The van der Waals surface area contributed by atoms with Gasteiger partial charge in [-0.3, -0.25) is 0 Å². The standard InChI is InChI=1S/C20H18Cl2N2O2/c1-11-19(13-6-8-16(21)17(22)9-13)26-20(23-11)24-18-4-2-3-12-5-7-14(25)10-15(12)18/h2-4,6,8-9,14,25H,5,7,10H2,1H3,(H,23,24). The minimum Gasteiger partial charge on any atom is -0.423 e. The molecule has 0 spiro atoms. The van der Waals surface area contributed by atoms with Gasteiger partial charge < -0.3 is 14.8 Å². The number of aliphatic hydroxyl groups excluding tert-OH is 1. The number of benzene rings is 2. The van der Waals surface area contributed by atoms with Gasteiger partial charge in [0, 0.05) is 17.7 Å². The van der Waals surface area contributed by atoms with Gasteiger partial charge in [0.05, 0.1) is 21.8 Å². The van der Waals surface area contributed by atoms with Crippen molar-refractivity contribution in [3.8, 4) is 11.3 Å². The first-order valence-electron chi connectivity index (χ1n) is 8.50. The van der Waals surface area contributed by atoms with Gasteiger partial charge in [-0.25, -0.2) is 0 Å². The van der Waals surface area contributed by atoms with Crippen LogP contribution in [0.2, 0.25) is 10.0 Å². The van der Waals surface area contributed by atoms with Gasteiger partial charge in [-0.05, 0) is 55.2 Å². The molecule has 0 saturated heterocycles. The van der Waals surface area contributed by atoms with Gasteiger partial charge in [-0.2, -0.15) is 4.98 Å². The lowest BCUT2D eigenvalue weighted by atomic mass is 9.88. The highest BCUT2D eigenvalue weighted by Gasteiger charge is 2.20. The van der Waals surface area contributed by atoms with Gasteiger partial charge in [-0.1, -0.05) is 35.3 Å². The van der Waals surface area contributed by atoms with Crippen molar-refractivity contribution in [1.82, 2.24) is 4.98 Å². The number of anilines is 2. The summed E-state index contributed by atoms with van der Waals surface area (Å²) in [6.45, 7) is 1.89. The Morgan fingerprint density at radius 1 is 1.19 bits per heavy atom. The average molecular weight is 389 g/mol. The van der Waals surface area contributed by atoms with Crippen LogP contribution >= 0.6 is 23.2 Å². The Hall–Kier alpha value is -2.01. The zero-order chi connectivity index (χ0) is 18.3. The molecule has 2 N–H and O–H groups in total. The number of halogens is 2. The molecule has 0 fully saturated rings. The zero-order valence-electron chi connectivity index (χ0n) is 14.2. The van der Waals surface area contributed by atoms with E-state index >= 15 is 0 Å². The van der Waals surface area contributed by atoms with Crippen LogP contribution in [0.1, 0.15) is 23.2 Å². The largest absolute Gasteiger partial charge is 0.423 e. The molecule has 3 aromatic rings. The third-order valence-corrected chi connectivity index (χ3v) is 5.42. The predicted molar refractivity (Wildman–Crippen MR) is 104 cm³/mol. The summed E-state index contributed by atoms with van der Waals surface area (Å²) in [6.07, 6.45) is 2.02. The van der Waals surface area contributed by atoms with Gasteiger partial charge >= 0.3 is 0 Å². The average Bonchev–Trinajstić information content (AvgIpc) is 2.98. The van der Waals surface area contributed by atoms with E-state index < -0.39 is 0 Å². The Morgan fingerprint density at radius 3 is 2.85 bits per heavy atom. The first-order valence-corrected chi connectivity index (χ1v) is 9.25. The highest BCUT2D eigenvalue weighted by atomic mass is 35.5. The maximum absolute atomic E-state index is 10.0. The van der Waals surface area contributed by atoms with E-state index in [2.05, 4.69) is 16.4 Å². The highest BCUT2D eigenvalue weighted by molar-refractivity contribution is 6.42. The Bertz CT molecular complexity index is 968. The topological polar surface area (TPSA) is 58.3 Å². The number of nitrogens with zero attached hydrogens (tertiary/aromatic N) is 1. The van der Waals surface area contributed by atoms with E-state index in [1.165, 1.54) is 5.56 Å². The maximum atomic E-state index is 10.0. The first kappa shape index (κ1) is 17.4. The molecule has 0 aliphatic heterocycles. The number of aliphatic hydroxyl groups is 1. The van der Waals surface area contributed by atoms with Gasteiger partial charge in [0.25, 0.3) is 6.01 Å². The minimum atomic E-state index is -0.302. The van der Waals surface area contributed by atoms with E-state index in [1.807, 2.05) is 25.1 Å². The smallest absolute Gasteiger partial charge is 0.299 e. The molecule has 26 heavy (non-hydrogen) atoms. The summed E-state index contributed by atoms with van der Waals surface area (Å²) in [5.41, 5.74) is 4.88. The molecule has 0 radical (unpaired) electrons. The SMILES string of the molecule is Cc1nc(Nc2cccc3c2CC(O)CC3)oc1-c1ccc(Cl)c(Cl)c1. The fourth-order valence-electron chi connectivity index (χ4n) is 3.36. The van der Waals surface area contributed by atoms with Gasteiger partial charge in [0.2, 0.25) is 0 Å². The molecule has 0 saturated carbocycles. The van der Waals surface area contributed by atoms with Gasteiger partial charge in [-0.15, -0.1) is 0 Å². The Balaban J connectivity index is 1.66. The molecule has 1 aliphatic rings. The van der Waals surface area contributed by atoms with Crippen LogP contribution in [0.5, 0.6) is 0 Å².